The molecule has 0 radical (unpaired) electrons. The average Bonchev–Trinajstić information content (AvgIpc) is 3.10. The highest BCUT2D eigenvalue weighted by Gasteiger charge is 2.24. The normalized spacial score (nSPS) is 17.1. The zero-order valence-electron chi connectivity index (χ0n) is 10.2. The summed E-state index contributed by atoms with van der Waals surface area (Å²) in [6.45, 7) is 2.62. The number of halogens is 2. The fraction of sp³-hybridized carbons (Fsp3) is 0.571. The largest absolute Gasteiger partial charge is 0.310 e. The maximum atomic E-state index is 13.4. The van der Waals surface area contributed by atoms with Crippen LogP contribution in [0.15, 0.2) is 18.2 Å². The summed E-state index contributed by atoms with van der Waals surface area (Å²) in [7, 11) is 0. The first-order chi connectivity index (χ1) is 8.19. The third kappa shape index (κ3) is 3.77. The average molecular weight is 239 g/mol. The Morgan fingerprint density at radius 3 is 2.71 bits per heavy atom. The molecule has 1 unspecified atom stereocenters. The second-order valence-corrected chi connectivity index (χ2v) is 4.90. The summed E-state index contributed by atoms with van der Waals surface area (Å²) in [5.41, 5.74) is 0.542. The molecule has 1 nitrogen and oxygen atoms in total. The Morgan fingerprint density at radius 2 is 2.12 bits per heavy atom. The number of nitrogens with one attached hydrogen (secondary N) is 1. The van der Waals surface area contributed by atoms with Crippen LogP contribution in [0.2, 0.25) is 0 Å². The maximum absolute atomic E-state index is 13.4. The van der Waals surface area contributed by atoms with Crippen molar-refractivity contribution in [3.8, 4) is 0 Å². The lowest BCUT2D eigenvalue weighted by Gasteiger charge is -2.16. The Kier molecular flexibility index (Phi) is 4.11. The molecule has 0 saturated heterocycles. The van der Waals surface area contributed by atoms with Crippen molar-refractivity contribution in [1.29, 1.82) is 0 Å². The van der Waals surface area contributed by atoms with E-state index in [9.17, 15) is 8.78 Å². The Labute approximate surface area is 101 Å². The first-order valence-corrected chi connectivity index (χ1v) is 6.36. The van der Waals surface area contributed by atoms with Crippen molar-refractivity contribution in [2.24, 2.45) is 5.92 Å². The lowest BCUT2D eigenvalue weighted by Crippen LogP contribution is -2.28. The van der Waals surface area contributed by atoms with Gasteiger partial charge in [0, 0.05) is 24.2 Å². The minimum atomic E-state index is -0.517. The van der Waals surface area contributed by atoms with E-state index >= 15 is 0 Å². The molecule has 94 valence electrons. The third-order valence-electron chi connectivity index (χ3n) is 3.40. The first kappa shape index (κ1) is 12.5. The van der Waals surface area contributed by atoms with Gasteiger partial charge in [-0.3, -0.25) is 0 Å². The Bertz CT molecular complexity index is 374. The monoisotopic (exact) mass is 239 g/mol. The molecule has 1 fully saturated rings. The van der Waals surface area contributed by atoms with Gasteiger partial charge in [-0.2, -0.15) is 0 Å². The van der Waals surface area contributed by atoms with Crippen LogP contribution >= 0.6 is 0 Å². The van der Waals surface area contributed by atoms with E-state index in [4.69, 9.17) is 0 Å². The van der Waals surface area contributed by atoms with Crippen LogP contribution in [0, 0.1) is 17.6 Å². The van der Waals surface area contributed by atoms with Crippen LogP contribution < -0.4 is 5.32 Å². The summed E-state index contributed by atoms with van der Waals surface area (Å²) in [5, 5.41) is 3.35. The van der Waals surface area contributed by atoms with Gasteiger partial charge in [-0.1, -0.05) is 25.8 Å². The van der Waals surface area contributed by atoms with Crippen LogP contribution in [0.3, 0.4) is 0 Å². The van der Waals surface area contributed by atoms with E-state index in [2.05, 4.69) is 12.2 Å². The highest BCUT2D eigenvalue weighted by molar-refractivity contribution is 5.18. The van der Waals surface area contributed by atoms with Gasteiger partial charge >= 0.3 is 0 Å². The van der Waals surface area contributed by atoms with Crippen molar-refractivity contribution in [1.82, 2.24) is 5.32 Å². The van der Waals surface area contributed by atoms with Gasteiger partial charge in [-0.15, -0.1) is 0 Å². The summed E-state index contributed by atoms with van der Waals surface area (Å²) >= 11 is 0. The topological polar surface area (TPSA) is 12.0 Å². The molecule has 1 aromatic rings. The Balaban J connectivity index is 1.86. The number of hydrogen-bond acceptors (Lipinski definition) is 1. The zero-order chi connectivity index (χ0) is 12.3. The number of hydrogen-bond donors (Lipinski definition) is 1. The predicted octanol–water partition coefficient (Wildman–Crippen LogP) is 3.63. The van der Waals surface area contributed by atoms with Gasteiger partial charge in [-0.25, -0.2) is 8.78 Å². The lowest BCUT2D eigenvalue weighted by molar-refractivity contribution is 0.438. The van der Waals surface area contributed by atoms with E-state index in [0.717, 1.165) is 18.4 Å². The van der Waals surface area contributed by atoms with Crippen molar-refractivity contribution in [3.63, 3.8) is 0 Å². The molecular weight excluding hydrogens is 220 g/mol. The third-order valence-corrected chi connectivity index (χ3v) is 3.40. The molecule has 1 saturated carbocycles. The Hall–Kier alpha value is -0.960. The van der Waals surface area contributed by atoms with Gasteiger partial charge in [0.1, 0.15) is 11.6 Å². The van der Waals surface area contributed by atoms with Crippen molar-refractivity contribution in [2.75, 3.05) is 0 Å². The maximum Gasteiger partial charge on any atom is 0.130 e. The zero-order valence-corrected chi connectivity index (χ0v) is 10.2. The van der Waals surface area contributed by atoms with Gasteiger partial charge in [0.15, 0.2) is 0 Å². The fourth-order valence-corrected chi connectivity index (χ4v) is 2.07. The second-order valence-electron chi connectivity index (χ2n) is 4.90. The predicted molar refractivity (Wildman–Crippen MR) is 64.6 cm³/mol. The SMILES string of the molecule is CCC(CC1CC1)NCc1ccc(F)cc1F. The van der Waals surface area contributed by atoms with Crippen molar-refractivity contribution in [3.05, 3.63) is 35.4 Å². The minimum absolute atomic E-state index is 0.451. The number of benzene rings is 1. The molecule has 2 rings (SSSR count). The van der Waals surface area contributed by atoms with Crippen LogP contribution in [-0.2, 0) is 6.54 Å². The van der Waals surface area contributed by atoms with Gasteiger partial charge < -0.3 is 5.32 Å². The van der Waals surface area contributed by atoms with Crippen molar-refractivity contribution >= 4 is 0 Å². The molecule has 0 spiro atoms. The summed E-state index contributed by atoms with van der Waals surface area (Å²) in [4.78, 5) is 0. The smallest absolute Gasteiger partial charge is 0.130 e. The fourth-order valence-electron chi connectivity index (χ4n) is 2.07. The molecule has 0 aromatic heterocycles. The van der Waals surface area contributed by atoms with Gasteiger partial charge in [-0.05, 0) is 24.8 Å². The van der Waals surface area contributed by atoms with Crippen LogP contribution in [0.1, 0.15) is 38.2 Å². The standard InChI is InChI=1S/C14H19F2N/c1-2-13(7-10-3-4-10)17-9-11-5-6-12(15)8-14(11)16/h5-6,8,10,13,17H,2-4,7,9H2,1H3. The van der Waals surface area contributed by atoms with E-state index in [1.807, 2.05) is 0 Å². The molecule has 1 aromatic carbocycles. The van der Waals surface area contributed by atoms with E-state index in [0.29, 0.717) is 18.2 Å². The second kappa shape index (κ2) is 5.58. The lowest BCUT2D eigenvalue weighted by atomic mass is 10.1. The molecule has 1 aliphatic carbocycles. The first-order valence-electron chi connectivity index (χ1n) is 6.36. The van der Waals surface area contributed by atoms with E-state index in [1.54, 1.807) is 0 Å². The van der Waals surface area contributed by atoms with Gasteiger partial charge in [0.25, 0.3) is 0 Å². The van der Waals surface area contributed by atoms with Crippen LogP contribution in [0.5, 0.6) is 0 Å². The van der Waals surface area contributed by atoms with Crippen LogP contribution in [-0.4, -0.2) is 6.04 Å². The Morgan fingerprint density at radius 1 is 1.35 bits per heavy atom. The summed E-state index contributed by atoms with van der Waals surface area (Å²) in [5.74, 6) is -0.111. The van der Waals surface area contributed by atoms with Crippen LogP contribution in [0.4, 0.5) is 8.78 Å². The molecule has 1 aliphatic rings. The van der Waals surface area contributed by atoms with E-state index < -0.39 is 11.6 Å². The van der Waals surface area contributed by atoms with Gasteiger partial charge in [0.2, 0.25) is 0 Å². The van der Waals surface area contributed by atoms with Crippen molar-refractivity contribution < 1.29 is 8.78 Å². The summed E-state index contributed by atoms with van der Waals surface area (Å²) in [6.07, 6.45) is 4.91. The summed E-state index contributed by atoms with van der Waals surface area (Å²) in [6, 6.07) is 4.22. The molecule has 0 bridgehead atoms. The van der Waals surface area contributed by atoms with E-state index in [1.165, 1.54) is 31.4 Å². The molecule has 3 heteroatoms. The molecular formula is C14H19F2N. The molecule has 0 aliphatic heterocycles. The van der Waals surface area contributed by atoms with E-state index in [-0.39, 0.29) is 0 Å². The molecule has 0 heterocycles. The van der Waals surface area contributed by atoms with Crippen molar-refractivity contribution in [2.45, 2.75) is 45.2 Å². The summed E-state index contributed by atoms with van der Waals surface area (Å²) < 4.78 is 26.1. The number of rotatable bonds is 6. The highest BCUT2D eigenvalue weighted by Crippen LogP contribution is 2.34. The molecule has 1 atom stereocenters. The quantitative estimate of drug-likeness (QED) is 0.799. The molecule has 0 amide bonds. The molecule has 17 heavy (non-hydrogen) atoms. The van der Waals surface area contributed by atoms with Crippen LogP contribution in [0.25, 0.3) is 0 Å². The van der Waals surface area contributed by atoms with Gasteiger partial charge in [0.05, 0.1) is 0 Å². The molecule has 1 N–H and O–H groups in total. The highest BCUT2D eigenvalue weighted by atomic mass is 19.1. The minimum Gasteiger partial charge on any atom is -0.310 e.